The van der Waals surface area contributed by atoms with Gasteiger partial charge in [0.2, 0.25) is 0 Å². The summed E-state index contributed by atoms with van der Waals surface area (Å²) in [5.74, 6) is 0. The SMILES string of the molecule is ClC(Cl)C[As](c1ccccc1)c1ccccc1. The third kappa shape index (κ3) is 3.78. The van der Waals surface area contributed by atoms with Crippen LogP contribution in [0.2, 0.25) is 5.21 Å². The molecule has 0 amide bonds. The van der Waals surface area contributed by atoms with Crippen molar-refractivity contribution in [1.29, 1.82) is 0 Å². The van der Waals surface area contributed by atoms with E-state index < -0.39 is 14.7 Å². The number of hydrogen-bond donors (Lipinski definition) is 0. The van der Waals surface area contributed by atoms with E-state index in [2.05, 4.69) is 48.5 Å². The van der Waals surface area contributed by atoms with Gasteiger partial charge in [-0.15, -0.1) is 0 Å². The van der Waals surface area contributed by atoms with E-state index in [0.29, 0.717) is 0 Å². The van der Waals surface area contributed by atoms with E-state index in [9.17, 15) is 0 Å². The molecule has 0 nitrogen and oxygen atoms in total. The van der Waals surface area contributed by atoms with E-state index in [1.54, 1.807) is 0 Å². The van der Waals surface area contributed by atoms with Crippen LogP contribution in [0, 0.1) is 0 Å². The third-order valence-electron chi connectivity index (χ3n) is 2.46. The molecule has 0 aliphatic heterocycles. The molecule has 0 atom stereocenters. The average Bonchev–Trinajstić information content (AvgIpc) is 2.38. The summed E-state index contributed by atoms with van der Waals surface area (Å²) in [6.45, 7) is 0. The van der Waals surface area contributed by atoms with Gasteiger partial charge in [-0.3, -0.25) is 0 Å². The summed E-state index contributed by atoms with van der Waals surface area (Å²) >= 11 is 10.6. The van der Waals surface area contributed by atoms with Gasteiger partial charge in [-0.1, -0.05) is 0 Å². The quantitative estimate of drug-likeness (QED) is 0.598. The molecule has 0 aliphatic carbocycles. The standard InChI is InChI=1S/C14H13AsCl2/c16-14(17)11-15(12-7-3-1-4-8-12)13-9-5-2-6-10-13/h1-10,14H,11H2. The van der Waals surface area contributed by atoms with Gasteiger partial charge in [0, 0.05) is 0 Å². The Morgan fingerprint density at radius 2 is 1.18 bits per heavy atom. The summed E-state index contributed by atoms with van der Waals surface area (Å²) < 4.78 is 2.80. The number of benzene rings is 2. The van der Waals surface area contributed by atoms with Crippen LogP contribution in [0.15, 0.2) is 60.7 Å². The van der Waals surface area contributed by atoms with Gasteiger partial charge < -0.3 is 0 Å². The maximum atomic E-state index is 5.97. The summed E-state index contributed by atoms with van der Waals surface area (Å²) in [5.41, 5.74) is 0. The van der Waals surface area contributed by atoms with Gasteiger partial charge >= 0.3 is 117 Å². The normalized spacial score (nSPS) is 11.1. The van der Waals surface area contributed by atoms with Crippen LogP contribution >= 0.6 is 23.2 Å². The van der Waals surface area contributed by atoms with Gasteiger partial charge in [-0.2, -0.15) is 0 Å². The van der Waals surface area contributed by atoms with Crippen LogP contribution in [0.4, 0.5) is 0 Å². The zero-order valence-electron chi connectivity index (χ0n) is 9.26. The fourth-order valence-corrected chi connectivity index (χ4v) is 7.47. The second-order valence-electron chi connectivity index (χ2n) is 3.67. The van der Waals surface area contributed by atoms with E-state index >= 15 is 0 Å². The first kappa shape index (κ1) is 13.0. The molecule has 0 heterocycles. The molecule has 0 aromatic heterocycles. The van der Waals surface area contributed by atoms with Crippen molar-refractivity contribution in [2.45, 2.75) is 10.0 Å². The van der Waals surface area contributed by atoms with Gasteiger partial charge in [-0.05, 0) is 0 Å². The second kappa shape index (κ2) is 6.49. The molecule has 0 N–H and O–H groups in total. The Morgan fingerprint density at radius 3 is 1.53 bits per heavy atom. The van der Waals surface area contributed by atoms with E-state index in [4.69, 9.17) is 23.2 Å². The van der Waals surface area contributed by atoms with E-state index in [-0.39, 0.29) is 4.84 Å². The Morgan fingerprint density at radius 1 is 0.765 bits per heavy atom. The summed E-state index contributed by atoms with van der Waals surface area (Å²) in [7, 11) is 0. The topological polar surface area (TPSA) is 0 Å². The molecule has 0 saturated carbocycles. The Kier molecular flexibility index (Phi) is 4.97. The molecule has 17 heavy (non-hydrogen) atoms. The number of rotatable bonds is 4. The van der Waals surface area contributed by atoms with Crippen LogP contribution in [0.3, 0.4) is 0 Å². The monoisotopic (exact) mass is 326 g/mol. The van der Waals surface area contributed by atoms with E-state index in [1.807, 2.05) is 12.1 Å². The Labute approximate surface area is 117 Å². The van der Waals surface area contributed by atoms with Crippen molar-refractivity contribution in [3.05, 3.63) is 60.7 Å². The Hall–Kier alpha value is -0.422. The van der Waals surface area contributed by atoms with Crippen LogP contribution in [0.25, 0.3) is 0 Å². The van der Waals surface area contributed by atoms with Crippen LogP contribution in [-0.4, -0.2) is 19.5 Å². The maximum absolute atomic E-state index is 5.97. The minimum absolute atomic E-state index is 0.282. The van der Waals surface area contributed by atoms with E-state index in [0.717, 1.165) is 5.21 Å². The first-order valence-corrected chi connectivity index (χ1v) is 9.51. The molecule has 88 valence electrons. The second-order valence-corrected chi connectivity index (χ2v) is 9.68. The molecule has 0 unspecified atom stereocenters. The molecule has 0 aliphatic rings. The molecule has 0 spiro atoms. The average molecular weight is 327 g/mol. The number of alkyl halides is 2. The first-order chi connectivity index (χ1) is 8.27. The van der Waals surface area contributed by atoms with Crippen molar-refractivity contribution in [3.63, 3.8) is 0 Å². The summed E-state index contributed by atoms with van der Waals surface area (Å²) in [6, 6.07) is 21.1. The molecule has 3 heteroatoms. The van der Waals surface area contributed by atoms with Crippen molar-refractivity contribution in [2.75, 3.05) is 0 Å². The van der Waals surface area contributed by atoms with Crippen LogP contribution in [0.1, 0.15) is 0 Å². The van der Waals surface area contributed by atoms with Crippen LogP contribution in [-0.2, 0) is 0 Å². The fourth-order valence-electron chi connectivity index (χ4n) is 1.71. The molecular weight excluding hydrogens is 314 g/mol. The van der Waals surface area contributed by atoms with Crippen molar-refractivity contribution >= 4 is 46.6 Å². The van der Waals surface area contributed by atoms with Crippen molar-refractivity contribution in [3.8, 4) is 0 Å². The Bertz CT molecular complexity index is 403. The number of halogens is 2. The minimum atomic E-state index is -1.35. The van der Waals surface area contributed by atoms with Crippen molar-refractivity contribution < 1.29 is 0 Å². The van der Waals surface area contributed by atoms with Gasteiger partial charge in [0.05, 0.1) is 0 Å². The predicted molar refractivity (Wildman–Crippen MR) is 78.2 cm³/mol. The van der Waals surface area contributed by atoms with Crippen LogP contribution < -0.4 is 8.70 Å². The summed E-state index contributed by atoms with van der Waals surface area (Å²) in [4.78, 5) is -0.282. The van der Waals surface area contributed by atoms with Gasteiger partial charge in [0.15, 0.2) is 0 Å². The molecule has 0 bridgehead atoms. The molecular formula is C14H13AsCl2. The molecule has 2 rings (SSSR count). The summed E-state index contributed by atoms with van der Waals surface area (Å²) in [5, 5.41) is 0.879. The first-order valence-electron chi connectivity index (χ1n) is 5.43. The number of hydrogen-bond acceptors (Lipinski definition) is 0. The fraction of sp³-hybridized carbons (Fsp3) is 0.143. The zero-order chi connectivity index (χ0) is 12.1. The van der Waals surface area contributed by atoms with Gasteiger partial charge in [0.1, 0.15) is 0 Å². The molecule has 0 fully saturated rings. The Balaban J connectivity index is 2.32. The van der Waals surface area contributed by atoms with E-state index in [1.165, 1.54) is 8.70 Å². The summed E-state index contributed by atoms with van der Waals surface area (Å²) in [6.07, 6.45) is 0. The van der Waals surface area contributed by atoms with Crippen molar-refractivity contribution in [2.24, 2.45) is 0 Å². The molecule has 2 aromatic rings. The zero-order valence-corrected chi connectivity index (χ0v) is 12.6. The van der Waals surface area contributed by atoms with Gasteiger partial charge in [0.25, 0.3) is 0 Å². The molecule has 2 aromatic carbocycles. The third-order valence-corrected chi connectivity index (χ3v) is 9.10. The van der Waals surface area contributed by atoms with Crippen molar-refractivity contribution in [1.82, 2.24) is 0 Å². The molecule has 0 saturated heterocycles. The molecule has 0 radical (unpaired) electrons. The predicted octanol–water partition coefficient (Wildman–Crippen LogP) is 3.10. The van der Waals surface area contributed by atoms with Gasteiger partial charge in [-0.25, -0.2) is 0 Å². The van der Waals surface area contributed by atoms with Crippen LogP contribution in [0.5, 0.6) is 0 Å².